The smallest absolute Gasteiger partial charge is 0.120 e. The fourth-order valence-corrected chi connectivity index (χ4v) is 2.00. The minimum absolute atomic E-state index is 0.217. The molecule has 1 aromatic carbocycles. The molecule has 1 heterocycles. The first-order chi connectivity index (χ1) is 9.17. The predicted molar refractivity (Wildman–Crippen MR) is 76.7 cm³/mol. The maximum absolute atomic E-state index is 5.92. The largest absolute Gasteiger partial charge is 0.492 e. The highest BCUT2D eigenvalue weighted by Crippen LogP contribution is 2.17. The number of aromatic nitrogens is 2. The minimum atomic E-state index is 0.217. The zero-order valence-corrected chi connectivity index (χ0v) is 11.9. The van der Waals surface area contributed by atoms with Crippen LogP contribution in [-0.2, 0) is 13.5 Å². The van der Waals surface area contributed by atoms with Crippen molar-refractivity contribution in [2.24, 2.45) is 7.05 Å². The van der Waals surface area contributed by atoms with Gasteiger partial charge in [0.1, 0.15) is 12.4 Å². The Labute approximate surface area is 118 Å². The van der Waals surface area contributed by atoms with Gasteiger partial charge in [0, 0.05) is 30.7 Å². The first-order valence-electron chi connectivity index (χ1n) is 6.21. The molecule has 0 saturated carbocycles. The highest BCUT2D eigenvalue weighted by Gasteiger charge is 2.10. The van der Waals surface area contributed by atoms with E-state index in [4.69, 9.17) is 16.3 Å². The van der Waals surface area contributed by atoms with Crippen LogP contribution >= 0.6 is 11.6 Å². The summed E-state index contributed by atoms with van der Waals surface area (Å²) in [7, 11) is 3.84. The molecule has 4 nitrogen and oxygen atoms in total. The van der Waals surface area contributed by atoms with Gasteiger partial charge in [0.05, 0.1) is 5.69 Å². The van der Waals surface area contributed by atoms with Crippen molar-refractivity contribution in [3.05, 3.63) is 47.2 Å². The fourth-order valence-electron chi connectivity index (χ4n) is 1.82. The molecule has 0 fully saturated rings. The molecule has 1 aromatic heterocycles. The van der Waals surface area contributed by atoms with Crippen molar-refractivity contribution in [1.82, 2.24) is 15.1 Å². The fraction of sp³-hybridized carbons (Fsp3) is 0.357. The molecule has 5 heteroatoms. The lowest BCUT2D eigenvalue weighted by Crippen LogP contribution is -2.34. The Bertz CT molecular complexity index is 527. The first kappa shape index (κ1) is 13.9. The molecule has 1 unspecified atom stereocenters. The first-order valence-corrected chi connectivity index (χ1v) is 6.59. The molecule has 0 amide bonds. The maximum Gasteiger partial charge on any atom is 0.120 e. The molecule has 0 bridgehead atoms. The van der Waals surface area contributed by atoms with Gasteiger partial charge in [-0.3, -0.25) is 4.68 Å². The van der Waals surface area contributed by atoms with Crippen LogP contribution in [0, 0.1) is 0 Å². The third-order valence-electron chi connectivity index (χ3n) is 2.88. The molecule has 2 aromatic rings. The van der Waals surface area contributed by atoms with Crippen LogP contribution < -0.4 is 10.1 Å². The molecule has 19 heavy (non-hydrogen) atoms. The number of aryl methyl sites for hydroxylation is 1. The van der Waals surface area contributed by atoms with E-state index in [0.29, 0.717) is 11.6 Å². The highest BCUT2D eigenvalue weighted by atomic mass is 35.5. The summed E-state index contributed by atoms with van der Waals surface area (Å²) < 4.78 is 7.54. The van der Waals surface area contributed by atoms with Gasteiger partial charge in [0.15, 0.2) is 0 Å². The van der Waals surface area contributed by atoms with E-state index in [0.717, 1.165) is 17.9 Å². The van der Waals surface area contributed by atoms with Crippen LogP contribution in [0.5, 0.6) is 5.75 Å². The van der Waals surface area contributed by atoms with Crippen molar-refractivity contribution in [3.8, 4) is 5.75 Å². The van der Waals surface area contributed by atoms with Crippen molar-refractivity contribution in [1.29, 1.82) is 0 Å². The van der Waals surface area contributed by atoms with E-state index >= 15 is 0 Å². The van der Waals surface area contributed by atoms with E-state index in [1.54, 1.807) is 4.68 Å². The molecule has 1 N–H and O–H groups in total. The SMILES string of the molecule is CNC(COc1cccc(Cl)c1)Cc1ccn(C)n1. The number of nitrogens with zero attached hydrogens (tertiary/aromatic N) is 2. The van der Waals surface area contributed by atoms with Gasteiger partial charge >= 0.3 is 0 Å². The summed E-state index contributed by atoms with van der Waals surface area (Å²) in [5, 5.41) is 8.29. The minimum Gasteiger partial charge on any atom is -0.492 e. The van der Waals surface area contributed by atoms with Crippen LogP contribution in [0.15, 0.2) is 36.5 Å². The third kappa shape index (κ3) is 4.26. The maximum atomic E-state index is 5.92. The van der Waals surface area contributed by atoms with Gasteiger partial charge in [0.25, 0.3) is 0 Å². The Morgan fingerprint density at radius 2 is 2.26 bits per heavy atom. The summed E-state index contributed by atoms with van der Waals surface area (Å²) in [4.78, 5) is 0. The number of rotatable bonds is 6. The summed E-state index contributed by atoms with van der Waals surface area (Å²) in [6.07, 6.45) is 2.78. The zero-order valence-electron chi connectivity index (χ0n) is 11.1. The summed E-state index contributed by atoms with van der Waals surface area (Å²) >= 11 is 5.92. The molecule has 0 radical (unpaired) electrons. The molecular weight excluding hydrogens is 262 g/mol. The summed E-state index contributed by atoms with van der Waals surface area (Å²) in [5.41, 5.74) is 1.05. The standard InChI is InChI=1S/C14H18ClN3O/c1-16-13(9-12-6-7-18(2)17-12)10-19-14-5-3-4-11(15)8-14/h3-8,13,16H,9-10H2,1-2H3. The van der Waals surface area contributed by atoms with Gasteiger partial charge in [-0.25, -0.2) is 0 Å². The van der Waals surface area contributed by atoms with Crippen molar-refractivity contribution < 1.29 is 4.74 Å². The van der Waals surface area contributed by atoms with E-state index in [2.05, 4.69) is 10.4 Å². The van der Waals surface area contributed by atoms with Crippen LogP contribution in [0.1, 0.15) is 5.69 Å². The van der Waals surface area contributed by atoms with Crippen LogP contribution in [0.3, 0.4) is 0 Å². The number of nitrogens with one attached hydrogen (secondary N) is 1. The molecular formula is C14H18ClN3O. The molecule has 0 aliphatic carbocycles. The highest BCUT2D eigenvalue weighted by molar-refractivity contribution is 6.30. The van der Waals surface area contributed by atoms with Crippen LogP contribution in [0.25, 0.3) is 0 Å². The Morgan fingerprint density at radius 3 is 2.89 bits per heavy atom. The van der Waals surface area contributed by atoms with Gasteiger partial charge < -0.3 is 10.1 Å². The summed E-state index contributed by atoms with van der Waals surface area (Å²) in [6.45, 7) is 0.577. The summed E-state index contributed by atoms with van der Waals surface area (Å²) in [6, 6.07) is 9.66. The second kappa shape index (κ2) is 6.59. The molecule has 0 saturated heterocycles. The normalized spacial score (nSPS) is 12.4. The summed E-state index contributed by atoms with van der Waals surface area (Å²) in [5.74, 6) is 0.786. The Hall–Kier alpha value is -1.52. The molecule has 0 aliphatic heterocycles. The quantitative estimate of drug-likeness (QED) is 0.882. The van der Waals surface area contributed by atoms with E-state index in [1.165, 1.54) is 0 Å². The van der Waals surface area contributed by atoms with E-state index in [-0.39, 0.29) is 6.04 Å². The van der Waals surface area contributed by atoms with Crippen LogP contribution in [-0.4, -0.2) is 29.5 Å². The predicted octanol–water partition coefficient (Wildman–Crippen LogP) is 2.28. The van der Waals surface area contributed by atoms with Crippen LogP contribution in [0.2, 0.25) is 5.02 Å². The second-order valence-electron chi connectivity index (χ2n) is 4.44. The Balaban J connectivity index is 1.89. The lowest BCUT2D eigenvalue weighted by Gasteiger charge is -2.16. The van der Waals surface area contributed by atoms with E-state index in [9.17, 15) is 0 Å². The van der Waals surface area contributed by atoms with E-state index in [1.807, 2.05) is 50.6 Å². The molecule has 1 atom stereocenters. The third-order valence-corrected chi connectivity index (χ3v) is 3.11. The van der Waals surface area contributed by atoms with Crippen LogP contribution in [0.4, 0.5) is 0 Å². The second-order valence-corrected chi connectivity index (χ2v) is 4.88. The Morgan fingerprint density at radius 1 is 1.42 bits per heavy atom. The van der Waals surface area contributed by atoms with Gasteiger partial charge in [-0.05, 0) is 31.3 Å². The topological polar surface area (TPSA) is 39.1 Å². The molecule has 102 valence electrons. The number of hydrogen-bond acceptors (Lipinski definition) is 3. The van der Waals surface area contributed by atoms with Gasteiger partial charge in [-0.1, -0.05) is 17.7 Å². The monoisotopic (exact) mass is 279 g/mol. The molecule has 2 rings (SSSR count). The molecule has 0 spiro atoms. The lowest BCUT2D eigenvalue weighted by atomic mass is 10.2. The lowest BCUT2D eigenvalue weighted by molar-refractivity contribution is 0.269. The number of benzene rings is 1. The van der Waals surface area contributed by atoms with Crippen molar-refractivity contribution in [2.75, 3.05) is 13.7 Å². The van der Waals surface area contributed by atoms with Gasteiger partial charge in [-0.15, -0.1) is 0 Å². The average Bonchev–Trinajstić information content (AvgIpc) is 2.80. The average molecular weight is 280 g/mol. The van der Waals surface area contributed by atoms with Crippen molar-refractivity contribution >= 4 is 11.6 Å². The Kier molecular flexibility index (Phi) is 4.82. The van der Waals surface area contributed by atoms with Crippen molar-refractivity contribution in [2.45, 2.75) is 12.5 Å². The number of hydrogen-bond donors (Lipinski definition) is 1. The number of likely N-dealkylation sites (N-methyl/N-ethyl adjacent to an activating group) is 1. The van der Waals surface area contributed by atoms with E-state index < -0.39 is 0 Å². The van der Waals surface area contributed by atoms with Gasteiger partial charge in [-0.2, -0.15) is 5.10 Å². The molecule has 0 aliphatic rings. The van der Waals surface area contributed by atoms with Crippen molar-refractivity contribution in [3.63, 3.8) is 0 Å². The number of ether oxygens (including phenoxy) is 1. The zero-order chi connectivity index (χ0) is 13.7. The number of halogens is 1. The van der Waals surface area contributed by atoms with Gasteiger partial charge in [0.2, 0.25) is 0 Å².